The second-order valence-electron chi connectivity index (χ2n) is 5.55. The minimum Gasteiger partial charge on any atom is -0.375 e. The van der Waals surface area contributed by atoms with Crippen molar-refractivity contribution in [1.82, 2.24) is 9.97 Å². The molecule has 1 fully saturated rings. The summed E-state index contributed by atoms with van der Waals surface area (Å²) in [6, 6.07) is 2.57. The lowest BCUT2D eigenvalue weighted by atomic mass is 10.2. The van der Waals surface area contributed by atoms with Crippen molar-refractivity contribution < 1.29 is 4.74 Å². The zero-order valence-corrected chi connectivity index (χ0v) is 13.8. The molecule has 0 aromatic carbocycles. The van der Waals surface area contributed by atoms with Crippen molar-refractivity contribution in [2.75, 3.05) is 30.4 Å². The van der Waals surface area contributed by atoms with Crippen LogP contribution in [0.25, 0.3) is 10.2 Å². The SMILES string of the molecule is CCc1cc2c(N3CC(C)OCC3C)nc(NC)nc2s1. The highest BCUT2D eigenvalue weighted by molar-refractivity contribution is 7.18. The monoisotopic (exact) mass is 306 g/mol. The molecule has 114 valence electrons. The summed E-state index contributed by atoms with van der Waals surface area (Å²) in [5.74, 6) is 1.72. The van der Waals surface area contributed by atoms with Gasteiger partial charge in [0.25, 0.3) is 0 Å². The molecule has 3 heterocycles. The molecule has 2 atom stereocenters. The molecule has 0 amide bonds. The normalized spacial score (nSPS) is 22.8. The van der Waals surface area contributed by atoms with E-state index in [0.717, 1.165) is 35.6 Å². The van der Waals surface area contributed by atoms with Gasteiger partial charge in [-0.25, -0.2) is 4.98 Å². The number of aryl methyl sites for hydroxylation is 1. The number of ether oxygens (including phenoxy) is 1. The average molecular weight is 306 g/mol. The third-order valence-corrected chi connectivity index (χ3v) is 5.05. The molecule has 2 aromatic rings. The Morgan fingerprint density at radius 3 is 2.95 bits per heavy atom. The Morgan fingerprint density at radius 2 is 2.24 bits per heavy atom. The van der Waals surface area contributed by atoms with Crippen molar-refractivity contribution in [3.8, 4) is 0 Å². The van der Waals surface area contributed by atoms with Gasteiger partial charge in [-0.3, -0.25) is 0 Å². The lowest BCUT2D eigenvalue weighted by molar-refractivity contribution is 0.0342. The molecule has 3 rings (SSSR count). The van der Waals surface area contributed by atoms with Gasteiger partial charge in [-0.2, -0.15) is 4.98 Å². The first-order valence-corrected chi connectivity index (χ1v) is 8.30. The van der Waals surface area contributed by atoms with E-state index >= 15 is 0 Å². The average Bonchev–Trinajstić information content (AvgIpc) is 2.91. The standard InChI is InChI=1S/C15H22N4OS/c1-5-11-6-12-13(17-15(16-4)18-14(12)21-11)19-7-10(3)20-8-9(19)2/h6,9-10H,5,7-8H2,1-4H3,(H,16,17,18). The van der Waals surface area contributed by atoms with Crippen molar-refractivity contribution >= 4 is 33.3 Å². The van der Waals surface area contributed by atoms with Crippen LogP contribution in [0.1, 0.15) is 25.6 Å². The molecule has 0 bridgehead atoms. The maximum absolute atomic E-state index is 5.74. The molecule has 1 aliphatic rings. The molecule has 0 radical (unpaired) electrons. The van der Waals surface area contributed by atoms with E-state index in [0.29, 0.717) is 12.0 Å². The van der Waals surface area contributed by atoms with E-state index < -0.39 is 0 Å². The van der Waals surface area contributed by atoms with E-state index in [1.165, 1.54) is 4.88 Å². The number of anilines is 2. The molecular formula is C15H22N4OS. The molecule has 1 N–H and O–H groups in total. The molecule has 2 aromatic heterocycles. The first kappa shape index (κ1) is 14.5. The fraction of sp³-hybridized carbons (Fsp3) is 0.600. The second-order valence-corrected chi connectivity index (χ2v) is 6.67. The van der Waals surface area contributed by atoms with E-state index in [2.05, 4.69) is 42.0 Å². The number of nitrogens with one attached hydrogen (secondary N) is 1. The number of morpholine rings is 1. The Kier molecular flexibility index (Phi) is 3.99. The summed E-state index contributed by atoms with van der Waals surface area (Å²) in [5.41, 5.74) is 0. The summed E-state index contributed by atoms with van der Waals surface area (Å²) in [7, 11) is 1.87. The number of hydrogen-bond donors (Lipinski definition) is 1. The lowest BCUT2D eigenvalue weighted by Gasteiger charge is -2.38. The van der Waals surface area contributed by atoms with Gasteiger partial charge in [-0.15, -0.1) is 11.3 Å². The summed E-state index contributed by atoms with van der Waals surface area (Å²) < 4.78 is 5.74. The van der Waals surface area contributed by atoms with Crippen LogP contribution < -0.4 is 10.2 Å². The smallest absolute Gasteiger partial charge is 0.225 e. The highest BCUT2D eigenvalue weighted by Crippen LogP contribution is 2.34. The maximum Gasteiger partial charge on any atom is 0.225 e. The van der Waals surface area contributed by atoms with E-state index in [1.807, 2.05) is 7.05 Å². The second kappa shape index (κ2) is 5.77. The van der Waals surface area contributed by atoms with Gasteiger partial charge >= 0.3 is 0 Å². The van der Waals surface area contributed by atoms with Crippen LogP contribution in [0.2, 0.25) is 0 Å². The number of aromatic nitrogens is 2. The first-order chi connectivity index (χ1) is 10.1. The number of fused-ring (bicyclic) bond motifs is 1. The van der Waals surface area contributed by atoms with Crippen LogP contribution in [-0.4, -0.2) is 42.3 Å². The Labute approximate surface area is 129 Å². The fourth-order valence-electron chi connectivity index (χ4n) is 2.66. The zero-order chi connectivity index (χ0) is 15.0. The molecule has 0 saturated carbocycles. The predicted octanol–water partition coefficient (Wildman–Crippen LogP) is 2.91. The van der Waals surface area contributed by atoms with Gasteiger partial charge in [0.2, 0.25) is 5.95 Å². The van der Waals surface area contributed by atoms with Gasteiger partial charge in [0.1, 0.15) is 10.6 Å². The molecule has 1 saturated heterocycles. The van der Waals surface area contributed by atoms with Crippen LogP contribution in [0.5, 0.6) is 0 Å². The van der Waals surface area contributed by atoms with Crippen molar-refractivity contribution in [3.05, 3.63) is 10.9 Å². The van der Waals surface area contributed by atoms with E-state index in [-0.39, 0.29) is 6.10 Å². The van der Waals surface area contributed by atoms with Crippen LogP contribution in [0.4, 0.5) is 11.8 Å². The maximum atomic E-state index is 5.74. The summed E-state index contributed by atoms with van der Waals surface area (Å²) in [5, 5.41) is 4.24. The molecule has 6 heteroatoms. The molecule has 0 spiro atoms. The Hall–Kier alpha value is -1.40. The lowest BCUT2D eigenvalue weighted by Crippen LogP contribution is -2.47. The van der Waals surface area contributed by atoms with Crippen LogP contribution in [-0.2, 0) is 11.2 Å². The number of hydrogen-bond acceptors (Lipinski definition) is 6. The quantitative estimate of drug-likeness (QED) is 0.945. The van der Waals surface area contributed by atoms with Gasteiger partial charge < -0.3 is 15.0 Å². The molecule has 5 nitrogen and oxygen atoms in total. The largest absolute Gasteiger partial charge is 0.375 e. The van der Waals surface area contributed by atoms with E-state index in [4.69, 9.17) is 9.72 Å². The Morgan fingerprint density at radius 1 is 1.43 bits per heavy atom. The predicted molar refractivity (Wildman–Crippen MR) is 88.6 cm³/mol. The minimum atomic E-state index is 0.230. The summed E-state index contributed by atoms with van der Waals surface area (Å²) in [6.45, 7) is 8.09. The highest BCUT2D eigenvalue weighted by atomic mass is 32.1. The Bertz CT molecular complexity index is 642. The number of nitrogens with zero attached hydrogens (tertiary/aromatic N) is 3. The van der Waals surface area contributed by atoms with Gasteiger partial charge in [0, 0.05) is 18.5 Å². The van der Waals surface area contributed by atoms with Crippen LogP contribution >= 0.6 is 11.3 Å². The third kappa shape index (κ3) is 2.70. The van der Waals surface area contributed by atoms with Gasteiger partial charge in [-0.1, -0.05) is 6.92 Å². The van der Waals surface area contributed by atoms with Gasteiger partial charge in [0.05, 0.1) is 24.1 Å². The van der Waals surface area contributed by atoms with Crippen LogP contribution in [0, 0.1) is 0 Å². The highest BCUT2D eigenvalue weighted by Gasteiger charge is 2.27. The van der Waals surface area contributed by atoms with Crippen LogP contribution in [0.15, 0.2) is 6.07 Å². The summed E-state index contributed by atoms with van der Waals surface area (Å²) >= 11 is 1.76. The summed E-state index contributed by atoms with van der Waals surface area (Å²) in [6.07, 6.45) is 1.26. The van der Waals surface area contributed by atoms with E-state index in [9.17, 15) is 0 Å². The number of rotatable bonds is 3. The van der Waals surface area contributed by atoms with Crippen molar-refractivity contribution in [2.24, 2.45) is 0 Å². The molecule has 1 aliphatic heterocycles. The molecular weight excluding hydrogens is 284 g/mol. The van der Waals surface area contributed by atoms with Crippen molar-refractivity contribution in [2.45, 2.75) is 39.3 Å². The molecule has 0 aliphatic carbocycles. The number of thiophene rings is 1. The van der Waals surface area contributed by atoms with Crippen molar-refractivity contribution in [3.63, 3.8) is 0 Å². The minimum absolute atomic E-state index is 0.230. The molecule has 2 unspecified atom stereocenters. The zero-order valence-electron chi connectivity index (χ0n) is 13.0. The van der Waals surface area contributed by atoms with Crippen LogP contribution in [0.3, 0.4) is 0 Å². The fourth-order valence-corrected chi connectivity index (χ4v) is 3.62. The summed E-state index contributed by atoms with van der Waals surface area (Å²) in [4.78, 5) is 14.1. The topological polar surface area (TPSA) is 50.3 Å². The van der Waals surface area contributed by atoms with Crippen molar-refractivity contribution in [1.29, 1.82) is 0 Å². The van der Waals surface area contributed by atoms with Gasteiger partial charge in [0.15, 0.2) is 0 Å². The van der Waals surface area contributed by atoms with Gasteiger partial charge in [-0.05, 0) is 26.3 Å². The van der Waals surface area contributed by atoms with E-state index in [1.54, 1.807) is 11.3 Å². The molecule has 21 heavy (non-hydrogen) atoms. The Balaban J connectivity index is 2.12. The first-order valence-electron chi connectivity index (χ1n) is 7.48. The third-order valence-electron chi connectivity index (χ3n) is 3.88.